The van der Waals surface area contributed by atoms with Crippen molar-refractivity contribution in [1.82, 2.24) is 20.3 Å². The molecule has 0 aliphatic carbocycles. The second-order valence-corrected chi connectivity index (χ2v) is 7.80. The summed E-state index contributed by atoms with van der Waals surface area (Å²) in [6.45, 7) is 4.33. The van der Waals surface area contributed by atoms with Crippen molar-refractivity contribution in [3.8, 4) is 0 Å². The Morgan fingerprint density at radius 1 is 1.00 bits per heavy atom. The minimum absolute atomic E-state index is 0.0680. The normalized spacial score (nSPS) is 17.0. The lowest BCUT2D eigenvalue weighted by Crippen LogP contribution is -2.38. The number of amides is 1. The highest BCUT2D eigenvalue weighted by atomic mass is 19.4. The van der Waals surface area contributed by atoms with Crippen LogP contribution in [-0.2, 0) is 28.7 Å². The Hall–Kier alpha value is -2.95. The third kappa shape index (κ3) is 5.64. The first kappa shape index (κ1) is 22.3. The van der Waals surface area contributed by atoms with Crippen LogP contribution in [-0.4, -0.2) is 60.3 Å². The molecule has 1 aromatic heterocycles. The van der Waals surface area contributed by atoms with Crippen LogP contribution in [0.3, 0.4) is 0 Å². The minimum Gasteiger partial charge on any atom is -0.378 e. The summed E-state index contributed by atoms with van der Waals surface area (Å²) in [6.07, 6.45) is -2.47. The predicted molar refractivity (Wildman–Crippen MR) is 111 cm³/mol. The maximum Gasteiger partial charge on any atom is 0.416 e. The second-order valence-electron chi connectivity index (χ2n) is 7.80. The number of nitrogens with one attached hydrogen (secondary N) is 1. The van der Waals surface area contributed by atoms with E-state index in [4.69, 9.17) is 4.74 Å². The van der Waals surface area contributed by atoms with E-state index in [0.717, 1.165) is 38.1 Å². The summed E-state index contributed by atoms with van der Waals surface area (Å²) in [6, 6.07) is 4.78. The smallest absolute Gasteiger partial charge is 0.378 e. The van der Waals surface area contributed by atoms with Gasteiger partial charge in [0, 0.05) is 26.2 Å². The third-order valence-corrected chi connectivity index (χ3v) is 5.40. The van der Waals surface area contributed by atoms with Crippen molar-refractivity contribution in [2.75, 3.05) is 49.2 Å². The Kier molecular flexibility index (Phi) is 6.73. The Morgan fingerprint density at radius 3 is 2.31 bits per heavy atom. The van der Waals surface area contributed by atoms with Crippen LogP contribution >= 0.6 is 0 Å². The number of halogens is 3. The topological polar surface area (TPSA) is 83.5 Å². The van der Waals surface area contributed by atoms with Gasteiger partial charge in [-0.25, -0.2) is 0 Å². The number of aromatic nitrogens is 3. The highest BCUT2D eigenvalue weighted by molar-refractivity contribution is 5.78. The molecule has 172 valence electrons. The maximum absolute atomic E-state index is 12.9. The van der Waals surface area contributed by atoms with Crippen LogP contribution in [0.5, 0.6) is 0 Å². The molecule has 8 nitrogen and oxygen atoms in total. The van der Waals surface area contributed by atoms with E-state index < -0.39 is 17.6 Å². The molecule has 2 fully saturated rings. The van der Waals surface area contributed by atoms with E-state index in [1.807, 2.05) is 4.90 Å². The lowest BCUT2D eigenvalue weighted by molar-refractivity contribution is -0.137. The first-order chi connectivity index (χ1) is 15.4. The second kappa shape index (κ2) is 9.68. The van der Waals surface area contributed by atoms with Gasteiger partial charge in [0.25, 0.3) is 0 Å². The van der Waals surface area contributed by atoms with Crippen molar-refractivity contribution in [3.63, 3.8) is 0 Å². The molecule has 0 atom stereocenters. The largest absolute Gasteiger partial charge is 0.416 e. The Labute approximate surface area is 183 Å². The number of hydrogen-bond donors (Lipinski definition) is 1. The van der Waals surface area contributed by atoms with Gasteiger partial charge in [0.05, 0.1) is 31.7 Å². The number of ether oxygens (including phenoxy) is 1. The summed E-state index contributed by atoms with van der Waals surface area (Å²) in [4.78, 5) is 30.1. The van der Waals surface area contributed by atoms with Crippen LogP contribution in [0.2, 0.25) is 0 Å². The molecule has 0 spiro atoms. The summed E-state index contributed by atoms with van der Waals surface area (Å²) in [5.74, 6) is 1.15. The fourth-order valence-corrected chi connectivity index (χ4v) is 3.72. The maximum atomic E-state index is 12.9. The van der Waals surface area contributed by atoms with Crippen LogP contribution in [0.25, 0.3) is 0 Å². The number of alkyl halides is 3. The summed E-state index contributed by atoms with van der Waals surface area (Å²) in [7, 11) is 0. The van der Waals surface area contributed by atoms with Gasteiger partial charge in [0.1, 0.15) is 0 Å². The van der Waals surface area contributed by atoms with Crippen LogP contribution in [0.15, 0.2) is 24.3 Å². The number of benzene rings is 1. The van der Waals surface area contributed by atoms with Gasteiger partial charge in [-0.2, -0.15) is 28.1 Å². The van der Waals surface area contributed by atoms with Gasteiger partial charge in [0.2, 0.25) is 17.8 Å². The summed E-state index contributed by atoms with van der Waals surface area (Å²) in [5, 5.41) is 2.72. The first-order valence-corrected chi connectivity index (χ1v) is 10.6. The molecule has 2 saturated heterocycles. The van der Waals surface area contributed by atoms with Crippen LogP contribution in [0, 0.1) is 0 Å². The predicted octanol–water partition coefficient (Wildman–Crippen LogP) is 2.19. The van der Waals surface area contributed by atoms with E-state index in [0.29, 0.717) is 49.6 Å². The average molecular weight is 450 g/mol. The van der Waals surface area contributed by atoms with Gasteiger partial charge >= 0.3 is 6.18 Å². The van der Waals surface area contributed by atoms with Gasteiger partial charge in [-0.15, -0.1) is 0 Å². The van der Waals surface area contributed by atoms with Gasteiger partial charge in [-0.05, 0) is 24.5 Å². The Bertz CT molecular complexity index is 943. The monoisotopic (exact) mass is 450 g/mol. The fourth-order valence-electron chi connectivity index (χ4n) is 3.72. The third-order valence-electron chi connectivity index (χ3n) is 5.40. The minimum atomic E-state index is -4.45. The highest BCUT2D eigenvalue weighted by Gasteiger charge is 2.30. The average Bonchev–Trinajstić information content (AvgIpc) is 3.33. The molecule has 0 saturated carbocycles. The zero-order chi connectivity index (χ0) is 22.6. The summed E-state index contributed by atoms with van der Waals surface area (Å²) < 4.78 is 44.1. The molecule has 4 rings (SSSR count). The van der Waals surface area contributed by atoms with Crippen molar-refractivity contribution < 1.29 is 22.7 Å². The van der Waals surface area contributed by atoms with E-state index in [9.17, 15) is 18.0 Å². The molecule has 3 heterocycles. The Balaban J connectivity index is 1.44. The van der Waals surface area contributed by atoms with Crippen molar-refractivity contribution >= 4 is 17.8 Å². The molecule has 0 unspecified atom stereocenters. The molecular formula is C21H25F3N6O2. The number of morpholine rings is 1. The van der Waals surface area contributed by atoms with E-state index in [1.165, 1.54) is 12.1 Å². The van der Waals surface area contributed by atoms with Crippen LogP contribution in [0.4, 0.5) is 25.1 Å². The molecule has 1 N–H and O–H groups in total. The number of carbonyl (C=O) groups is 1. The number of carbonyl (C=O) groups excluding carboxylic acids is 1. The molecule has 32 heavy (non-hydrogen) atoms. The van der Waals surface area contributed by atoms with Gasteiger partial charge in [0.15, 0.2) is 5.82 Å². The SMILES string of the molecule is O=C(Cc1cccc(C(F)(F)F)c1)NCc1nc(N2CCCC2)nc(N2CCOCC2)n1. The van der Waals surface area contributed by atoms with Crippen LogP contribution in [0.1, 0.15) is 29.8 Å². The fraction of sp³-hybridized carbons (Fsp3) is 0.524. The molecule has 1 aromatic carbocycles. The zero-order valence-corrected chi connectivity index (χ0v) is 17.6. The lowest BCUT2D eigenvalue weighted by Gasteiger charge is -2.28. The highest BCUT2D eigenvalue weighted by Crippen LogP contribution is 2.29. The molecular weight excluding hydrogens is 425 g/mol. The molecule has 1 amide bonds. The Morgan fingerprint density at radius 2 is 1.66 bits per heavy atom. The van der Waals surface area contributed by atoms with E-state index in [-0.39, 0.29) is 13.0 Å². The number of anilines is 2. The summed E-state index contributed by atoms with van der Waals surface area (Å²) >= 11 is 0. The van der Waals surface area contributed by atoms with Crippen molar-refractivity contribution in [3.05, 3.63) is 41.2 Å². The number of hydrogen-bond acceptors (Lipinski definition) is 7. The van der Waals surface area contributed by atoms with Gasteiger partial charge in [-0.1, -0.05) is 18.2 Å². The van der Waals surface area contributed by atoms with E-state index in [2.05, 4.69) is 25.2 Å². The molecule has 0 radical (unpaired) electrons. The first-order valence-electron chi connectivity index (χ1n) is 10.6. The van der Waals surface area contributed by atoms with E-state index >= 15 is 0 Å². The standard InChI is InChI=1S/C21H25F3N6O2/c22-21(23,24)16-5-3-4-15(12-16)13-18(31)25-14-17-26-19(29-6-1-2-7-29)28-20(27-17)30-8-10-32-11-9-30/h3-5,12H,1-2,6-11,13-14H2,(H,25,31). The number of rotatable bonds is 6. The lowest BCUT2D eigenvalue weighted by atomic mass is 10.1. The van der Waals surface area contributed by atoms with Crippen molar-refractivity contribution in [2.45, 2.75) is 32.0 Å². The zero-order valence-electron chi connectivity index (χ0n) is 17.6. The molecule has 11 heteroatoms. The van der Waals surface area contributed by atoms with Gasteiger partial charge < -0.3 is 19.9 Å². The van der Waals surface area contributed by atoms with Gasteiger partial charge in [-0.3, -0.25) is 4.79 Å². The molecule has 2 aliphatic rings. The van der Waals surface area contributed by atoms with Crippen LogP contribution < -0.4 is 15.1 Å². The summed E-state index contributed by atoms with van der Waals surface area (Å²) in [5.41, 5.74) is -0.481. The molecule has 0 bridgehead atoms. The van der Waals surface area contributed by atoms with Crippen molar-refractivity contribution in [2.24, 2.45) is 0 Å². The molecule has 2 aliphatic heterocycles. The number of nitrogens with zero attached hydrogens (tertiary/aromatic N) is 5. The van der Waals surface area contributed by atoms with Crippen molar-refractivity contribution in [1.29, 1.82) is 0 Å². The van der Waals surface area contributed by atoms with E-state index in [1.54, 1.807) is 0 Å². The molecule has 2 aromatic rings. The quantitative estimate of drug-likeness (QED) is 0.722.